The van der Waals surface area contributed by atoms with Gasteiger partial charge in [-0.25, -0.2) is 4.39 Å². The molecule has 2 heterocycles. The molecule has 2 aliphatic rings. The third kappa shape index (κ3) is 3.65. The summed E-state index contributed by atoms with van der Waals surface area (Å²) < 4.78 is 30.2. The molecule has 26 heavy (non-hydrogen) atoms. The number of amides is 1. The molecule has 2 aromatic carbocycles. The van der Waals surface area contributed by atoms with Crippen molar-refractivity contribution in [3.63, 3.8) is 0 Å². The number of fused-ring (bicyclic) bond motifs is 1. The quantitative estimate of drug-likeness (QED) is 0.847. The molecular formula is C20H20FNO4. The molecule has 2 aromatic rings. The van der Waals surface area contributed by atoms with E-state index in [0.29, 0.717) is 56.4 Å². The number of carbonyl (C=O) groups is 1. The Morgan fingerprint density at radius 2 is 1.92 bits per heavy atom. The molecule has 1 amide bonds. The first-order valence-electron chi connectivity index (χ1n) is 8.74. The summed E-state index contributed by atoms with van der Waals surface area (Å²) in [5, 5.41) is 0. The van der Waals surface area contributed by atoms with Gasteiger partial charge in [0.15, 0.2) is 11.5 Å². The Balaban J connectivity index is 1.44. The van der Waals surface area contributed by atoms with E-state index in [9.17, 15) is 9.18 Å². The van der Waals surface area contributed by atoms with Gasteiger partial charge in [-0.05, 0) is 35.9 Å². The van der Waals surface area contributed by atoms with Crippen LogP contribution in [0.1, 0.15) is 15.9 Å². The molecule has 0 N–H and O–H groups in total. The van der Waals surface area contributed by atoms with Crippen LogP contribution in [0.15, 0.2) is 42.5 Å². The van der Waals surface area contributed by atoms with Crippen molar-refractivity contribution in [2.75, 3.05) is 32.9 Å². The van der Waals surface area contributed by atoms with E-state index in [1.807, 2.05) is 6.07 Å². The van der Waals surface area contributed by atoms with Crippen LogP contribution in [0.25, 0.3) is 0 Å². The van der Waals surface area contributed by atoms with E-state index >= 15 is 0 Å². The van der Waals surface area contributed by atoms with Crippen LogP contribution in [0.5, 0.6) is 11.5 Å². The summed E-state index contributed by atoms with van der Waals surface area (Å²) in [6, 6.07) is 11.7. The summed E-state index contributed by atoms with van der Waals surface area (Å²) in [4.78, 5) is 14.6. The van der Waals surface area contributed by atoms with Crippen LogP contribution in [0, 0.1) is 5.82 Å². The maximum atomic E-state index is 13.4. The third-order valence-electron chi connectivity index (χ3n) is 4.57. The van der Waals surface area contributed by atoms with Crippen LogP contribution >= 0.6 is 0 Å². The Hall–Kier alpha value is -2.60. The lowest BCUT2D eigenvalue weighted by molar-refractivity contribution is -0.0208. The first-order valence-corrected chi connectivity index (χ1v) is 8.74. The predicted molar refractivity (Wildman–Crippen MR) is 93.2 cm³/mol. The summed E-state index contributed by atoms with van der Waals surface area (Å²) in [5.41, 5.74) is 1.43. The number of morpholine rings is 1. The second-order valence-electron chi connectivity index (χ2n) is 6.44. The van der Waals surface area contributed by atoms with E-state index in [4.69, 9.17) is 14.2 Å². The molecule has 1 atom stereocenters. The molecular weight excluding hydrogens is 337 g/mol. The van der Waals surface area contributed by atoms with E-state index in [-0.39, 0.29) is 17.8 Å². The number of rotatable bonds is 3. The van der Waals surface area contributed by atoms with Crippen molar-refractivity contribution in [1.29, 1.82) is 0 Å². The maximum absolute atomic E-state index is 13.4. The predicted octanol–water partition coefficient (Wildman–Crippen LogP) is 2.68. The highest BCUT2D eigenvalue weighted by atomic mass is 19.1. The Kier molecular flexibility index (Phi) is 4.75. The van der Waals surface area contributed by atoms with Crippen molar-refractivity contribution in [3.05, 3.63) is 59.4 Å². The Labute approximate surface area is 151 Å². The monoisotopic (exact) mass is 357 g/mol. The van der Waals surface area contributed by atoms with E-state index in [1.54, 1.807) is 29.2 Å². The molecule has 0 spiro atoms. The molecule has 0 bridgehead atoms. The molecule has 5 nitrogen and oxygen atoms in total. The first kappa shape index (κ1) is 16.8. The summed E-state index contributed by atoms with van der Waals surface area (Å²) in [6.07, 6.45) is 0.426. The number of benzene rings is 2. The van der Waals surface area contributed by atoms with Crippen LogP contribution in [0.2, 0.25) is 0 Å². The molecule has 0 saturated carbocycles. The summed E-state index contributed by atoms with van der Waals surface area (Å²) >= 11 is 0. The zero-order valence-corrected chi connectivity index (χ0v) is 14.3. The lowest BCUT2D eigenvalue weighted by Gasteiger charge is -2.33. The fourth-order valence-electron chi connectivity index (χ4n) is 3.31. The Morgan fingerprint density at radius 3 is 2.77 bits per heavy atom. The van der Waals surface area contributed by atoms with Crippen LogP contribution in [0.3, 0.4) is 0 Å². The zero-order valence-electron chi connectivity index (χ0n) is 14.3. The second kappa shape index (κ2) is 7.33. The summed E-state index contributed by atoms with van der Waals surface area (Å²) in [5.74, 6) is 0.947. The number of nitrogens with zero attached hydrogens (tertiary/aromatic N) is 1. The number of carbonyl (C=O) groups excluding carboxylic acids is 1. The average Bonchev–Trinajstić information content (AvgIpc) is 2.67. The van der Waals surface area contributed by atoms with Gasteiger partial charge < -0.3 is 19.1 Å². The van der Waals surface area contributed by atoms with Crippen LogP contribution < -0.4 is 9.47 Å². The fraction of sp³-hybridized carbons (Fsp3) is 0.350. The van der Waals surface area contributed by atoms with E-state index in [2.05, 4.69) is 0 Å². The molecule has 0 aliphatic carbocycles. The van der Waals surface area contributed by atoms with Gasteiger partial charge in [0.05, 0.1) is 12.7 Å². The van der Waals surface area contributed by atoms with Gasteiger partial charge in [-0.15, -0.1) is 0 Å². The Bertz CT molecular complexity index is 810. The van der Waals surface area contributed by atoms with Gasteiger partial charge in [0.25, 0.3) is 5.91 Å². The van der Waals surface area contributed by atoms with Crippen LogP contribution in [0.4, 0.5) is 4.39 Å². The molecule has 0 radical (unpaired) electrons. The van der Waals surface area contributed by atoms with Crippen molar-refractivity contribution in [2.45, 2.75) is 12.5 Å². The van der Waals surface area contributed by atoms with E-state index < -0.39 is 0 Å². The fourth-order valence-corrected chi connectivity index (χ4v) is 3.31. The minimum Gasteiger partial charge on any atom is -0.486 e. The summed E-state index contributed by atoms with van der Waals surface area (Å²) in [6.45, 7) is 2.48. The van der Waals surface area contributed by atoms with Gasteiger partial charge >= 0.3 is 0 Å². The molecule has 0 unspecified atom stereocenters. The van der Waals surface area contributed by atoms with Crippen LogP contribution in [-0.4, -0.2) is 49.8 Å². The third-order valence-corrected chi connectivity index (χ3v) is 4.57. The summed E-state index contributed by atoms with van der Waals surface area (Å²) in [7, 11) is 0. The van der Waals surface area contributed by atoms with Gasteiger partial charge in [0.2, 0.25) is 0 Å². The average molecular weight is 357 g/mol. The minimum atomic E-state index is -0.262. The number of halogens is 1. The largest absolute Gasteiger partial charge is 0.486 e. The molecule has 0 aromatic heterocycles. The van der Waals surface area contributed by atoms with Gasteiger partial charge in [0.1, 0.15) is 19.0 Å². The van der Waals surface area contributed by atoms with E-state index in [1.165, 1.54) is 12.1 Å². The lowest BCUT2D eigenvalue weighted by atomic mass is 10.1. The van der Waals surface area contributed by atoms with Crippen molar-refractivity contribution in [2.24, 2.45) is 0 Å². The topological polar surface area (TPSA) is 48.0 Å². The molecule has 2 aliphatic heterocycles. The van der Waals surface area contributed by atoms with Gasteiger partial charge in [-0.2, -0.15) is 0 Å². The second-order valence-corrected chi connectivity index (χ2v) is 6.44. The van der Waals surface area contributed by atoms with Crippen LogP contribution in [-0.2, 0) is 11.2 Å². The van der Waals surface area contributed by atoms with Crippen molar-refractivity contribution >= 4 is 5.91 Å². The zero-order chi connectivity index (χ0) is 17.9. The van der Waals surface area contributed by atoms with Crippen molar-refractivity contribution in [1.82, 2.24) is 4.90 Å². The Morgan fingerprint density at radius 1 is 1.08 bits per heavy atom. The smallest absolute Gasteiger partial charge is 0.254 e. The van der Waals surface area contributed by atoms with Crippen molar-refractivity contribution < 1.29 is 23.4 Å². The number of ether oxygens (including phenoxy) is 3. The van der Waals surface area contributed by atoms with Crippen molar-refractivity contribution in [3.8, 4) is 11.5 Å². The first-order chi connectivity index (χ1) is 12.7. The standard InChI is InChI=1S/C20H20FNO4/c21-16-3-1-2-14(10-16)11-17-13-22(6-7-24-17)20(23)15-4-5-18-19(12-15)26-9-8-25-18/h1-5,10,12,17H,6-9,11,13H2/t17-/m1/s1. The lowest BCUT2D eigenvalue weighted by Crippen LogP contribution is -2.46. The van der Waals surface area contributed by atoms with Gasteiger partial charge in [0, 0.05) is 25.1 Å². The van der Waals surface area contributed by atoms with E-state index in [0.717, 1.165) is 5.56 Å². The maximum Gasteiger partial charge on any atom is 0.254 e. The molecule has 136 valence electrons. The molecule has 6 heteroatoms. The van der Waals surface area contributed by atoms with Gasteiger partial charge in [-0.3, -0.25) is 4.79 Å². The number of hydrogen-bond donors (Lipinski definition) is 0. The highest BCUT2D eigenvalue weighted by Crippen LogP contribution is 2.31. The normalized spacial score (nSPS) is 19.3. The molecule has 4 rings (SSSR count). The van der Waals surface area contributed by atoms with Gasteiger partial charge in [-0.1, -0.05) is 12.1 Å². The number of hydrogen-bond acceptors (Lipinski definition) is 4. The minimum absolute atomic E-state index is 0.0606. The molecule has 1 fully saturated rings. The SMILES string of the molecule is O=C(c1ccc2c(c1)OCCO2)N1CCO[C@H](Cc2cccc(F)c2)C1. The highest BCUT2D eigenvalue weighted by Gasteiger charge is 2.26. The highest BCUT2D eigenvalue weighted by molar-refractivity contribution is 5.95. The molecule has 1 saturated heterocycles.